The van der Waals surface area contributed by atoms with E-state index in [0.717, 1.165) is 11.1 Å². The first-order chi connectivity index (χ1) is 10.6. The van der Waals surface area contributed by atoms with E-state index in [0.29, 0.717) is 30.4 Å². The summed E-state index contributed by atoms with van der Waals surface area (Å²) in [6, 6.07) is 10.5. The van der Waals surface area contributed by atoms with E-state index in [4.69, 9.17) is 0 Å². The van der Waals surface area contributed by atoms with Crippen LogP contribution in [0.25, 0.3) is 0 Å². The van der Waals surface area contributed by atoms with Gasteiger partial charge < -0.3 is 15.3 Å². The summed E-state index contributed by atoms with van der Waals surface area (Å²) in [6.45, 7) is 0. The quantitative estimate of drug-likeness (QED) is 0.756. The Bertz CT molecular complexity index is 777. The molecule has 0 heterocycles. The predicted molar refractivity (Wildman–Crippen MR) is 80.1 cm³/mol. The maximum Gasteiger partial charge on any atom is 0.308 e. The van der Waals surface area contributed by atoms with E-state index in [2.05, 4.69) is 0 Å². The predicted octanol–water partition coefficient (Wildman–Crippen LogP) is 2.59. The molecule has 2 unspecified atom stereocenters. The second-order valence-corrected chi connectivity index (χ2v) is 6.19. The van der Waals surface area contributed by atoms with E-state index in [1.54, 1.807) is 24.3 Å². The molecule has 4 nitrogen and oxygen atoms in total. The molecule has 2 aliphatic carbocycles. The number of hydrogen-bond donors (Lipinski definition) is 3. The molecule has 3 N–H and O–H groups in total. The summed E-state index contributed by atoms with van der Waals surface area (Å²) in [4.78, 5) is 11.9. The second-order valence-electron chi connectivity index (χ2n) is 6.19. The molecular weight excluding hydrogens is 280 g/mol. The van der Waals surface area contributed by atoms with Crippen LogP contribution >= 0.6 is 0 Å². The highest BCUT2D eigenvalue weighted by atomic mass is 16.4. The van der Waals surface area contributed by atoms with Gasteiger partial charge in [-0.05, 0) is 42.5 Å². The molecule has 0 radical (unpaired) electrons. The van der Waals surface area contributed by atoms with E-state index in [1.807, 2.05) is 12.1 Å². The molecule has 0 fully saturated rings. The van der Waals surface area contributed by atoms with Crippen LogP contribution in [0.15, 0.2) is 36.4 Å². The lowest BCUT2D eigenvalue weighted by Gasteiger charge is -2.32. The van der Waals surface area contributed by atoms with Crippen LogP contribution in [0, 0.1) is 5.92 Å². The fourth-order valence-corrected chi connectivity index (χ4v) is 4.50. The van der Waals surface area contributed by atoms with Crippen molar-refractivity contribution in [3.63, 3.8) is 0 Å². The summed E-state index contributed by atoms with van der Waals surface area (Å²) in [5, 5.41) is 30.6. The van der Waals surface area contributed by atoms with Gasteiger partial charge in [-0.1, -0.05) is 24.3 Å². The van der Waals surface area contributed by atoms with Gasteiger partial charge in [-0.15, -0.1) is 0 Å². The van der Waals surface area contributed by atoms with Crippen LogP contribution in [0.2, 0.25) is 0 Å². The summed E-state index contributed by atoms with van der Waals surface area (Å²) < 4.78 is 0. The number of aliphatic carboxylic acids is 1. The average Bonchev–Trinajstić information content (AvgIpc) is 3.02. The molecule has 112 valence electrons. The van der Waals surface area contributed by atoms with Crippen LogP contribution in [0.4, 0.5) is 0 Å². The zero-order chi connectivity index (χ0) is 15.5. The lowest BCUT2D eigenvalue weighted by molar-refractivity contribution is -0.143. The Morgan fingerprint density at radius 1 is 1.00 bits per heavy atom. The molecule has 0 aromatic heterocycles. The molecule has 0 saturated heterocycles. The number of hydrogen-bond acceptors (Lipinski definition) is 3. The van der Waals surface area contributed by atoms with E-state index in [1.165, 1.54) is 0 Å². The zero-order valence-corrected chi connectivity index (χ0v) is 11.9. The third-order valence-electron chi connectivity index (χ3n) is 5.26. The van der Waals surface area contributed by atoms with Crippen molar-refractivity contribution >= 4 is 5.97 Å². The molecule has 2 aromatic rings. The van der Waals surface area contributed by atoms with Gasteiger partial charge >= 0.3 is 5.97 Å². The zero-order valence-electron chi connectivity index (χ0n) is 11.9. The Kier molecular flexibility index (Phi) is 2.55. The minimum atomic E-state index is -0.883. The van der Waals surface area contributed by atoms with Gasteiger partial charge in [-0.3, -0.25) is 4.79 Å². The Hall–Kier alpha value is -2.49. The van der Waals surface area contributed by atoms with Crippen molar-refractivity contribution in [1.29, 1.82) is 0 Å². The van der Waals surface area contributed by atoms with Crippen molar-refractivity contribution in [2.45, 2.75) is 24.7 Å². The van der Waals surface area contributed by atoms with Gasteiger partial charge in [0, 0.05) is 16.5 Å². The van der Waals surface area contributed by atoms with Gasteiger partial charge in [0.05, 0.1) is 5.92 Å². The van der Waals surface area contributed by atoms with Crippen LogP contribution in [0.3, 0.4) is 0 Å². The Labute approximate surface area is 127 Å². The van der Waals surface area contributed by atoms with Gasteiger partial charge in [-0.2, -0.15) is 0 Å². The standard InChI is InChI=1S/C18H16O4/c19-13-5-1-3-10-7-8-18(15(10)13)12(17(21)22)9-11-4-2-6-14(20)16(11)18/h1-6,12,19-20H,7-9H2,(H,21,22). The monoisotopic (exact) mass is 296 g/mol. The first-order valence-electron chi connectivity index (χ1n) is 7.41. The van der Waals surface area contributed by atoms with Crippen molar-refractivity contribution in [3.8, 4) is 11.5 Å². The van der Waals surface area contributed by atoms with Crippen LogP contribution in [0.5, 0.6) is 11.5 Å². The molecule has 2 aromatic carbocycles. The SMILES string of the molecule is O=C(O)C1Cc2cccc(O)c2C12CCc1cccc(O)c12. The van der Waals surface area contributed by atoms with Gasteiger partial charge in [-0.25, -0.2) is 0 Å². The van der Waals surface area contributed by atoms with Crippen molar-refractivity contribution in [1.82, 2.24) is 0 Å². The highest BCUT2D eigenvalue weighted by molar-refractivity contribution is 5.79. The molecular formula is C18H16O4. The van der Waals surface area contributed by atoms with Crippen molar-refractivity contribution in [2.24, 2.45) is 5.92 Å². The third-order valence-corrected chi connectivity index (χ3v) is 5.26. The molecule has 1 spiro atoms. The molecule has 4 heteroatoms. The lowest BCUT2D eigenvalue weighted by Crippen LogP contribution is -2.36. The average molecular weight is 296 g/mol. The number of carboxylic acids is 1. The highest BCUT2D eigenvalue weighted by Crippen LogP contribution is 2.59. The molecule has 2 atom stereocenters. The van der Waals surface area contributed by atoms with Gasteiger partial charge in [0.1, 0.15) is 11.5 Å². The summed E-state index contributed by atoms with van der Waals surface area (Å²) in [6.07, 6.45) is 1.69. The van der Waals surface area contributed by atoms with Gasteiger partial charge in [0.2, 0.25) is 0 Å². The summed E-state index contributed by atoms with van der Waals surface area (Å²) in [7, 11) is 0. The van der Waals surface area contributed by atoms with Crippen molar-refractivity contribution in [2.75, 3.05) is 0 Å². The maximum absolute atomic E-state index is 11.9. The van der Waals surface area contributed by atoms with E-state index >= 15 is 0 Å². The first kappa shape index (κ1) is 13.2. The molecule has 2 aliphatic rings. The van der Waals surface area contributed by atoms with Gasteiger partial charge in [0.25, 0.3) is 0 Å². The van der Waals surface area contributed by atoms with E-state index < -0.39 is 17.3 Å². The number of benzene rings is 2. The minimum Gasteiger partial charge on any atom is -0.508 e. The first-order valence-corrected chi connectivity index (χ1v) is 7.41. The maximum atomic E-state index is 11.9. The number of phenols is 2. The number of carbonyl (C=O) groups is 1. The number of rotatable bonds is 1. The molecule has 4 rings (SSSR count). The largest absolute Gasteiger partial charge is 0.508 e. The molecule has 0 saturated carbocycles. The highest BCUT2D eigenvalue weighted by Gasteiger charge is 2.56. The van der Waals surface area contributed by atoms with E-state index in [9.17, 15) is 20.1 Å². The number of fused-ring (bicyclic) bond motifs is 4. The molecule has 0 amide bonds. The number of phenolic OH excluding ortho intramolecular Hbond substituents is 2. The summed E-state index contributed by atoms with van der Waals surface area (Å²) in [5.74, 6) is -1.30. The normalized spacial score (nSPS) is 25.2. The van der Waals surface area contributed by atoms with Gasteiger partial charge in [0.15, 0.2) is 0 Å². The number of aromatic hydroxyl groups is 2. The summed E-state index contributed by atoms with van der Waals surface area (Å²) in [5.41, 5.74) is 2.38. The van der Waals surface area contributed by atoms with Crippen molar-refractivity contribution in [3.05, 3.63) is 58.7 Å². The minimum absolute atomic E-state index is 0.123. The number of aryl methyl sites for hydroxylation is 1. The Morgan fingerprint density at radius 3 is 2.23 bits per heavy atom. The Morgan fingerprint density at radius 2 is 1.59 bits per heavy atom. The lowest BCUT2D eigenvalue weighted by atomic mass is 9.69. The number of carboxylic acid groups (broad SMARTS) is 1. The smallest absolute Gasteiger partial charge is 0.308 e. The van der Waals surface area contributed by atoms with Crippen LogP contribution in [-0.2, 0) is 23.1 Å². The fraction of sp³-hybridized carbons (Fsp3) is 0.278. The van der Waals surface area contributed by atoms with E-state index in [-0.39, 0.29) is 11.5 Å². The molecule has 22 heavy (non-hydrogen) atoms. The Balaban J connectivity index is 2.08. The van der Waals surface area contributed by atoms with Crippen LogP contribution in [-0.4, -0.2) is 21.3 Å². The summed E-state index contributed by atoms with van der Waals surface area (Å²) >= 11 is 0. The third kappa shape index (κ3) is 1.44. The fourth-order valence-electron chi connectivity index (χ4n) is 4.50. The molecule has 0 bridgehead atoms. The van der Waals surface area contributed by atoms with Crippen molar-refractivity contribution < 1.29 is 20.1 Å². The topological polar surface area (TPSA) is 77.8 Å². The second kappa shape index (κ2) is 4.26. The molecule has 0 aliphatic heterocycles. The van der Waals surface area contributed by atoms with Crippen LogP contribution < -0.4 is 0 Å². The van der Waals surface area contributed by atoms with Crippen LogP contribution in [0.1, 0.15) is 28.7 Å².